The van der Waals surface area contributed by atoms with E-state index in [0.717, 1.165) is 40.6 Å². The van der Waals surface area contributed by atoms with Gasteiger partial charge in [0.05, 0.1) is 5.69 Å². The van der Waals surface area contributed by atoms with E-state index in [4.69, 9.17) is 11.6 Å². The molecule has 0 aliphatic heterocycles. The lowest BCUT2D eigenvalue weighted by Crippen LogP contribution is -2.10. The first-order chi connectivity index (χ1) is 13.6. The second kappa shape index (κ2) is 10.2. The van der Waals surface area contributed by atoms with Gasteiger partial charge in [0.25, 0.3) is 0 Å². The van der Waals surface area contributed by atoms with Crippen molar-refractivity contribution in [2.24, 2.45) is 0 Å². The number of aromatic nitrogens is 1. The second-order valence-corrected chi connectivity index (χ2v) is 7.90. The number of unbranched alkanes of at least 4 members (excludes halogenated alkanes) is 3. The molecule has 0 unspecified atom stereocenters. The van der Waals surface area contributed by atoms with Crippen LogP contribution in [0.5, 0.6) is 0 Å². The monoisotopic (exact) mass is 413 g/mol. The van der Waals surface area contributed by atoms with Crippen molar-refractivity contribution >= 4 is 45.4 Å². The van der Waals surface area contributed by atoms with E-state index in [1.165, 1.54) is 24.2 Å². The zero-order valence-electron chi connectivity index (χ0n) is 15.9. The van der Waals surface area contributed by atoms with Crippen LogP contribution < -0.4 is 10.6 Å². The molecule has 0 saturated carbocycles. The first-order valence-electron chi connectivity index (χ1n) is 9.52. The predicted octanol–water partition coefficient (Wildman–Crippen LogP) is 7.12. The summed E-state index contributed by atoms with van der Waals surface area (Å²) in [7, 11) is 0. The molecule has 1 aromatic heterocycles. The van der Waals surface area contributed by atoms with Crippen molar-refractivity contribution in [2.75, 3.05) is 10.6 Å². The average Bonchev–Trinajstić information content (AvgIpc) is 3.14. The summed E-state index contributed by atoms with van der Waals surface area (Å²) < 4.78 is 0. The standard InChI is InChI=1S/C22H24ClN3OS/c1-2-3-4-5-9-21(27)24-18-12-10-16(11-13-18)20-15-28-22(26-20)25-19-8-6-7-17(23)14-19/h6-8,10-15H,2-5,9H2,1H3,(H,24,27)(H,25,26). The Kier molecular flexibility index (Phi) is 7.46. The number of hydrogen-bond acceptors (Lipinski definition) is 4. The predicted molar refractivity (Wildman–Crippen MR) is 120 cm³/mol. The van der Waals surface area contributed by atoms with Crippen molar-refractivity contribution in [3.05, 3.63) is 58.9 Å². The maximum atomic E-state index is 12.0. The van der Waals surface area contributed by atoms with Gasteiger partial charge in [-0.05, 0) is 36.8 Å². The molecule has 0 aliphatic rings. The van der Waals surface area contributed by atoms with Crippen LogP contribution in [0, 0.1) is 0 Å². The van der Waals surface area contributed by atoms with Crippen LogP contribution in [-0.2, 0) is 4.79 Å². The number of carbonyl (C=O) groups is 1. The van der Waals surface area contributed by atoms with Crippen molar-refractivity contribution in [3.63, 3.8) is 0 Å². The minimum absolute atomic E-state index is 0.0746. The summed E-state index contributed by atoms with van der Waals surface area (Å²) in [5, 5.41) is 9.73. The van der Waals surface area contributed by atoms with Crippen molar-refractivity contribution in [2.45, 2.75) is 39.0 Å². The number of halogens is 1. The summed E-state index contributed by atoms with van der Waals surface area (Å²) in [4.78, 5) is 16.6. The smallest absolute Gasteiger partial charge is 0.224 e. The highest BCUT2D eigenvalue weighted by Crippen LogP contribution is 2.28. The molecule has 0 radical (unpaired) electrons. The molecule has 2 N–H and O–H groups in total. The van der Waals surface area contributed by atoms with E-state index < -0.39 is 0 Å². The zero-order valence-corrected chi connectivity index (χ0v) is 17.4. The van der Waals surface area contributed by atoms with Gasteiger partial charge in [0, 0.05) is 33.8 Å². The third-order valence-corrected chi connectivity index (χ3v) is 5.29. The lowest BCUT2D eigenvalue weighted by molar-refractivity contribution is -0.116. The van der Waals surface area contributed by atoms with Crippen LogP contribution in [0.3, 0.4) is 0 Å². The second-order valence-electron chi connectivity index (χ2n) is 6.61. The van der Waals surface area contributed by atoms with E-state index in [1.54, 1.807) is 0 Å². The first-order valence-corrected chi connectivity index (χ1v) is 10.8. The minimum Gasteiger partial charge on any atom is -0.331 e. The first kappa shape index (κ1) is 20.4. The topological polar surface area (TPSA) is 54.0 Å². The van der Waals surface area contributed by atoms with Gasteiger partial charge in [-0.2, -0.15) is 0 Å². The minimum atomic E-state index is 0.0746. The molecule has 0 saturated heterocycles. The molecule has 0 atom stereocenters. The maximum Gasteiger partial charge on any atom is 0.224 e. The van der Waals surface area contributed by atoms with E-state index in [2.05, 4.69) is 22.5 Å². The fourth-order valence-corrected chi connectivity index (χ4v) is 3.74. The van der Waals surface area contributed by atoms with Gasteiger partial charge < -0.3 is 10.6 Å². The van der Waals surface area contributed by atoms with Crippen LogP contribution in [0.2, 0.25) is 5.02 Å². The highest BCUT2D eigenvalue weighted by atomic mass is 35.5. The summed E-state index contributed by atoms with van der Waals surface area (Å²) in [5.74, 6) is 0.0746. The van der Waals surface area contributed by atoms with E-state index in [-0.39, 0.29) is 5.91 Å². The number of carbonyl (C=O) groups excluding carboxylic acids is 1. The van der Waals surface area contributed by atoms with Gasteiger partial charge in [-0.3, -0.25) is 4.79 Å². The number of anilines is 3. The molecule has 0 aliphatic carbocycles. The van der Waals surface area contributed by atoms with Crippen molar-refractivity contribution in [1.29, 1.82) is 0 Å². The van der Waals surface area contributed by atoms with Gasteiger partial charge in [-0.25, -0.2) is 4.98 Å². The third kappa shape index (κ3) is 6.08. The summed E-state index contributed by atoms with van der Waals surface area (Å²) in [5.41, 5.74) is 3.63. The number of benzene rings is 2. The Bertz CT molecular complexity index is 908. The largest absolute Gasteiger partial charge is 0.331 e. The molecule has 3 aromatic rings. The van der Waals surface area contributed by atoms with E-state index in [0.29, 0.717) is 11.4 Å². The number of nitrogens with one attached hydrogen (secondary N) is 2. The fourth-order valence-electron chi connectivity index (χ4n) is 2.81. The molecule has 6 heteroatoms. The molecule has 2 aromatic carbocycles. The Labute approximate surface area is 175 Å². The highest BCUT2D eigenvalue weighted by Gasteiger charge is 2.07. The molecule has 4 nitrogen and oxygen atoms in total. The third-order valence-electron chi connectivity index (χ3n) is 4.30. The molecule has 1 heterocycles. The van der Waals surface area contributed by atoms with Gasteiger partial charge in [0.1, 0.15) is 0 Å². The van der Waals surface area contributed by atoms with E-state index in [1.807, 2.05) is 53.9 Å². The van der Waals surface area contributed by atoms with Crippen molar-refractivity contribution in [3.8, 4) is 11.3 Å². The number of thiazole rings is 1. The Morgan fingerprint density at radius 3 is 2.64 bits per heavy atom. The van der Waals surface area contributed by atoms with Crippen molar-refractivity contribution < 1.29 is 4.79 Å². The molecule has 3 rings (SSSR count). The summed E-state index contributed by atoms with van der Waals surface area (Å²) >= 11 is 7.56. The highest BCUT2D eigenvalue weighted by molar-refractivity contribution is 7.14. The maximum absolute atomic E-state index is 12.0. The lowest BCUT2D eigenvalue weighted by atomic mass is 10.1. The molecule has 0 spiro atoms. The quantitative estimate of drug-likeness (QED) is 0.367. The Morgan fingerprint density at radius 2 is 1.89 bits per heavy atom. The number of hydrogen-bond donors (Lipinski definition) is 2. The van der Waals surface area contributed by atoms with Crippen LogP contribution in [0.15, 0.2) is 53.9 Å². The van der Waals surface area contributed by atoms with Crippen LogP contribution in [0.4, 0.5) is 16.5 Å². The Morgan fingerprint density at radius 1 is 1.07 bits per heavy atom. The Hall–Kier alpha value is -2.37. The van der Waals surface area contributed by atoms with Gasteiger partial charge in [0.2, 0.25) is 5.91 Å². The molecule has 1 amide bonds. The molecule has 0 fully saturated rings. The van der Waals surface area contributed by atoms with Gasteiger partial charge in [-0.15, -0.1) is 11.3 Å². The van der Waals surface area contributed by atoms with E-state index in [9.17, 15) is 4.79 Å². The SMILES string of the molecule is CCCCCCC(=O)Nc1ccc(-c2csc(Nc3cccc(Cl)c3)n2)cc1. The average molecular weight is 414 g/mol. The van der Waals surface area contributed by atoms with Crippen LogP contribution in [0.1, 0.15) is 39.0 Å². The van der Waals surface area contributed by atoms with Crippen LogP contribution in [0.25, 0.3) is 11.3 Å². The fraction of sp³-hybridized carbons (Fsp3) is 0.273. The number of amides is 1. The molecular formula is C22H24ClN3OS. The van der Waals surface area contributed by atoms with Gasteiger partial charge in [0.15, 0.2) is 5.13 Å². The van der Waals surface area contributed by atoms with E-state index >= 15 is 0 Å². The summed E-state index contributed by atoms with van der Waals surface area (Å²) in [6.45, 7) is 2.17. The molecule has 0 bridgehead atoms. The number of rotatable bonds is 9. The van der Waals surface area contributed by atoms with Crippen molar-refractivity contribution in [1.82, 2.24) is 4.98 Å². The van der Waals surface area contributed by atoms with Crippen LogP contribution in [-0.4, -0.2) is 10.9 Å². The van der Waals surface area contributed by atoms with Gasteiger partial charge >= 0.3 is 0 Å². The zero-order chi connectivity index (χ0) is 19.8. The van der Waals surface area contributed by atoms with Crippen LogP contribution >= 0.6 is 22.9 Å². The lowest BCUT2D eigenvalue weighted by Gasteiger charge is -2.06. The molecule has 28 heavy (non-hydrogen) atoms. The number of nitrogens with zero attached hydrogens (tertiary/aromatic N) is 1. The summed E-state index contributed by atoms with van der Waals surface area (Å²) in [6, 6.07) is 15.3. The molecule has 146 valence electrons. The summed E-state index contributed by atoms with van der Waals surface area (Å²) in [6.07, 6.45) is 4.99. The van der Waals surface area contributed by atoms with Gasteiger partial charge in [-0.1, -0.05) is 56.0 Å². The Balaban J connectivity index is 1.56. The normalized spacial score (nSPS) is 10.6. The molecular weight excluding hydrogens is 390 g/mol.